The molecule has 1 heteroatoms. The number of hydrogen-bond acceptors (Lipinski definition) is 1. The Morgan fingerprint density at radius 2 is 1.93 bits per heavy atom. The minimum atomic E-state index is 0.785. The Morgan fingerprint density at radius 1 is 1.13 bits per heavy atom. The molecule has 0 saturated heterocycles. The molecule has 2 rings (SSSR count). The van der Waals surface area contributed by atoms with E-state index in [1.165, 1.54) is 16.3 Å². The Hall–Kier alpha value is -1.50. The van der Waals surface area contributed by atoms with Crippen LogP contribution in [-0.4, -0.2) is 6.61 Å². The van der Waals surface area contributed by atoms with Crippen molar-refractivity contribution in [3.05, 3.63) is 42.0 Å². The number of rotatable bonds is 3. The maximum atomic E-state index is 5.75. The predicted octanol–water partition coefficient (Wildman–Crippen LogP) is 3.94. The fourth-order valence-corrected chi connectivity index (χ4v) is 1.75. The summed E-state index contributed by atoms with van der Waals surface area (Å²) in [5, 5.41) is 2.46. The summed E-state index contributed by atoms with van der Waals surface area (Å²) in [5.41, 5.74) is 1.25. The predicted molar refractivity (Wildman–Crippen MR) is 64.5 cm³/mol. The number of benzene rings is 2. The standard InChI is InChI=1S/C14H16O/c1-3-8-15-14-10-11(2)9-12-6-4-5-7-13(12)14/h4-7,9-10H,3,8H2,1-2H3. The minimum absolute atomic E-state index is 0.785. The van der Waals surface area contributed by atoms with Crippen molar-refractivity contribution in [3.63, 3.8) is 0 Å². The Bertz CT molecular complexity index is 460. The van der Waals surface area contributed by atoms with Gasteiger partial charge in [-0.05, 0) is 30.4 Å². The van der Waals surface area contributed by atoms with E-state index in [0.717, 1.165) is 18.8 Å². The molecule has 0 unspecified atom stereocenters. The average molecular weight is 200 g/mol. The maximum Gasteiger partial charge on any atom is 0.127 e. The van der Waals surface area contributed by atoms with E-state index >= 15 is 0 Å². The quantitative estimate of drug-likeness (QED) is 0.729. The summed E-state index contributed by atoms with van der Waals surface area (Å²) < 4.78 is 5.75. The third-order valence-electron chi connectivity index (χ3n) is 2.43. The first-order chi connectivity index (χ1) is 7.31. The summed E-state index contributed by atoms with van der Waals surface area (Å²) in [4.78, 5) is 0. The van der Waals surface area contributed by atoms with Crippen LogP contribution in [0.15, 0.2) is 36.4 Å². The Labute approximate surface area is 90.7 Å². The van der Waals surface area contributed by atoms with Gasteiger partial charge in [-0.3, -0.25) is 0 Å². The maximum absolute atomic E-state index is 5.75. The van der Waals surface area contributed by atoms with Crippen LogP contribution in [0.5, 0.6) is 5.75 Å². The van der Waals surface area contributed by atoms with E-state index in [1.807, 2.05) is 0 Å². The second kappa shape index (κ2) is 4.35. The van der Waals surface area contributed by atoms with Gasteiger partial charge < -0.3 is 4.74 Å². The number of ether oxygens (including phenoxy) is 1. The second-order valence-electron chi connectivity index (χ2n) is 3.83. The van der Waals surface area contributed by atoms with E-state index < -0.39 is 0 Å². The lowest BCUT2D eigenvalue weighted by molar-refractivity contribution is 0.321. The number of hydrogen-bond donors (Lipinski definition) is 0. The van der Waals surface area contributed by atoms with Crippen LogP contribution < -0.4 is 4.74 Å². The van der Waals surface area contributed by atoms with Gasteiger partial charge in [-0.15, -0.1) is 0 Å². The van der Waals surface area contributed by atoms with Crippen molar-refractivity contribution in [3.8, 4) is 5.75 Å². The molecule has 0 fully saturated rings. The van der Waals surface area contributed by atoms with Crippen molar-refractivity contribution in [2.24, 2.45) is 0 Å². The smallest absolute Gasteiger partial charge is 0.127 e. The Kier molecular flexibility index (Phi) is 2.91. The normalized spacial score (nSPS) is 10.5. The second-order valence-corrected chi connectivity index (χ2v) is 3.83. The van der Waals surface area contributed by atoms with Crippen LogP contribution in [0.3, 0.4) is 0 Å². The van der Waals surface area contributed by atoms with E-state index in [4.69, 9.17) is 4.74 Å². The summed E-state index contributed by atoms with van der Waals surface area (Å²) in [6, 6.07) is 12.6. The van der Waals surface area contributed by atoms with Gasteiger partial charge in [0.1, 0.15) is 5.75 Å². The molecule has 0 aromatic heterocycles. The van der Waals surface area contributed by atoms with Gasteiger partial charge in [-0.2, -0.15) is 0 Å². The molecule has 0 atom stereocenters. The molecule has 0 aliphatic rings. The van der Waals surface area contributed by atoms with Crippen molar-refractivity contribution >= 4 is 10.8 Å². The molecule has 0 saturated carbocycles. The Balaban J connectivity index is 2.50. The monoisotopic (exact) mass is 200 g/mol. The van der Waals surface area contributed by atoms with Gasteiger partial charge in [0.05, 0.1) is 6.61 Å². The summed E-state index contributed by atoms with van der Waals surface area (Å²) in [6.45, 7) is 5.01. The molecule has 0 heterocycles. The lowest BCUT2D eigenvalue weighted by Gasteiger charge is -2.09. The van der Waals surface area contributed by atoms with E-state index in [9.17, 15) is 0 Å². The van der Waals surface area contributed by atoms with Gasteiger partial charge in [0.25, 0.3) is 0 Å². The summed E-state index contributed by atoms with van der Waals surface area (Å²) in [7, 11) is 0. The minimum Gasteiger partial charge on any atom is -0.493 e. The van der Waals surface area contributed by atoms with Gasteiger partial charge in [-0.1, -0.05) is 37.3 Å². The molecule has 2 aromatic carbocycles. The molecule has 0 aliphatic carbocycles. The zero-order chi connectivity index (χ0) is 10.7. The zero-order valence-electron chi connectivity index (χ0n) is 9.29. The first-order valence-electron chi connectivity index (χ1n) is 5.43. The van der Waals surface area contributed by atoms with Crippen LogP contribution in [0.2, 0.25) is 0 Å². The van der Waals surface area contributed by atoms with Crippen LogP contribution in [0.1, 0.15) is 18.9 Å². The zero-order valence-corrected chi connectivity index (χ0v) is 9.29. The highest BCUT2D eigenvalue weighted by Gasteiger charge is 2.02. The molecule has 0 N–H and O–H groups in total. The first-order valence-corrected chi connectivity index (χ1v) is 5.43. The summed E-state index contributed by atoms with van der Waals surface area (Å²) >= 11 is 0. The third-order valence-corrected chi connectivity index (χ3v) is 2.43. The molecule has 0 spiro atoms. The first kappa shape index (κ1) is 10.0. The fourth-order valence-electron chi connectivity index (χ4n) is 1.75. The van der Waals surface area contributed by atoms with Gasteiger partial charge in [0.2, 0.25) is 0 Å². The van der Waals surface area contributed by atoms with Crippen molar-refractivity contribution in [1.29, 1.82) is 0 Å². The molecule has 0 bridgehead atoms. The highest BCUT2D eigenvalue weighted by Crippen LogP contribution is 2.27. The molecule has 15 heavy (non-hydrogen) atoms. The molecule has 78 valence electrons. The molecule has 0 radical (unpaired) electrons. The summed E-state index contributed by atoms with van der Waals surface area (Å²) in [5.74, 6) is 1.01. The molecule has 2 aromatic rings. The molecule has 0 aliphatic heterocycles. The van der Waals surface area contributed by atoms with E-state index in [2.05, 4.69) is 50.2 Å². The largest absolute Gasteiger partial charge is 0.493 e. The topological polar surface area (TPSA) is 9.23 Å². The van der Waals surface area contributed by atoms with Gasteiger partial charge >= 0.3 is 0 Å². The van der Waals surface area contributed by atoms with Crippen molar-refractivity contribution in [2.45, 2.75) is 20.3 Å². The average Bonchev–Trinajstić information content (AvgIpc) is 2.25. The summed E-state index contributed by atoms with van der Waals surface area (Å²) in [6.07, 6.45) is 1.04. The molecular formula is C14H16O. The molecule has 1 nitrogen and oxygen atoms in total. The highest BCUT2D eigenvalue weighted by molar-refractivity contribution is 5.88. The fraction of sp³-hybridized carbons (Fsp3) is 0.286. The van der Waals surface area contributed by atoms with Gasteiger partial charge in [-0.25, -0.2) is 0 Å². The van der Waals surface area contributed by atoms with Gasteiger partial charge in [0, 0.05) is 5.39 Å². The number of fused-ring (bicyclic) bond motifs is 1. The van der Waals surface area contributed by atoms with Crippen LogP contribution in [-0.2, 0) is 0 Å². The molecular weight excluding hydrogens is 184 g/mol. The number of aryl methyl sites for hydroxylation is 1. The molecule has 0 amide bonds. The lowest BCUT2D eigenvalue weighted by Crippen LogP contribution is -1.96. The Morgan fingerprint density at radius 3 is 2.73 bits per heavy atom. The van der Waals surface area contributed by atoms with E-state index in [1.54, 1.807) is 0 Å². The third kappa shape index (κ3) is 2.12. The van der Waals surface area contributed by atoms with Crippen LogP contribution in [0, 0.1) is 6.92 Å². The SMILES string of the molecule is CCCOc1cc(C)cc2ccccc12. The van der Waals surface area contributed by atoms with Crippen molar-refractivity contribution < 1.29 is 4.74 Å². The van der Waals surface area contributed by atoms with E-state index in [0.29, 0.717) is 0 Å². The van der Waals surface area contributed by atoms with Gasteiger partial charge in [0.15, 0.2) is 0 Å². The van der Waals surface area contributed by atoms with Crippen LogP contribution in [0.4, 0.5) is 0 Å². The highest BCUT2D eigenvalue weighted by atomic mass is 16.5. The van der Waals surface area contributed by atoms with Crippen molar-refractivity contribution in [1.82, 2.24) is 0 Å². The van der Waals surface area contributed by atoms with Crippen LogP contribution in [0.25, 0.3) is 10.8 Å². The lowest BCUT2D eigenvalue weighted by atomic mass is 10.1. The van der Waals surface area contributed by atoms with E-state index in [-0.39, 0.29) is 0 Å². The van der Waals surface area contributed by atoms with Crippen LogP contribution >= 0.6 is 0 Å². The van der Waals surface area contributed by atoms with Crippen molar-refractivity contribution in [2.75, 3.05) is 6.61 Å².